The molecule has 0 saturated heterocycles. The molecule has 4 nitrogen and oxygen atoms in total. The van der Waals surface area contributed by atoms with Gasteiger partial charge in [-0.25, -0.2) is 13.6 Å². The Hall–Kier alpha value is -2.89. The Bertz CT molecular complexity index is 1150. The van der Waals surface area contributed by atoms with Crippen molar-refractivity contribution in [2.45, 2.75) is 32.7 Å². The van der Waals surface area contributed by atoms with Crippen LogP contribution >= 0.6 is 0 Å². The largest absolute Gasteiger partial charge is 0.472 e. The number of halogens is 2. The first kappa shape index (κ1) is 16.3. The molecular weight excluding hydrogens is 352 g/mol. The normalized spacial score (nSPS) is 15.6. The lowest BCUT2D eigenvalue weighted by molar-refractivity contribution is 0.287. The maximum absolute atomic E-state index is 13.6. The minimum Gasteiger partial charge on any atom is -0.472 e. The van der Waals surface area contributed by atoms with Crippen LogP contribution in [0.3, 0.4) is 0 Å². The molecule has 5 rings (SSSR count). The quantitative estimate of drug-likeness (QED) is 0.602. The summed E-state index contributed by atoms with van der Waals surface area (Å²) >= 11 is 0. The molecule has 0 bridgehead atoms. The molecule has 6 heteroatoms. The summed E-state index contributed by atoms with van der Waals surface area (Å²) in [6.45, 7) is 2.60. The van der Waals surface area contributed by atoms with Gasteiger partial charge in [0.1, 0.15) is 11.3 Å². The summed E-state index contributed by atoms with van der Waals surface area (Å²) < 4.78 is 38.3. The van der Waals surface area contributed by atoms with Crippen LogP contribution in [0.15, 0.2) is 33.5 Å². The maximum atomic E-state index is 13.6. The average molecular weight is 369 g/mol. The van der Waals surface area contributed by atoms with Crippen LogP contribution in [0.1, 0.15) is 28.7 Å². The second-order valence-corrected chi connectivity index (χ2v) is 7.14. The number of aryl methyl sites for hydroxylation is 2. The third kappa shape index (κ3) is 2.43. The van der Waals surface area contributed by atoms with Gasteiger partial charge in [-0.1, -0.05) is 0 Å². The van der Waals surface area contributed by atoms with E-state index >= 15 is 0 Å². The van der Waals surface area contributed by atoms with Crippen LogP contribution in [0, 0.1) is 18.6 Å². The second kappa shape index (κ2) is 5.81. The van der Waals surface area contributed by atoms with Crippen LogP contribution < -0.4 is 15.3 Å². The van der Waals surface area contributed by atoms with Gasteiger partial charge in [0.05, 0.1) is 0 Å². The van der Waals surface area contributed by atoms with Crippen molar-refractivity contribution in [3.05, 3.63) is 68.6 Å². The number of hydrogen-bond acceptors (Lipinski definition) is 4. The van der Waals surface area contributed by atoms with Gasteiger partial charge < -0.3 is 14.1 Å². The van der Waals surface area contributed by atoms with E-state index in [1.54, 1.807) is 0 Å². The minimum absolute atomic E-state index is 0.208. The minimum atomic E-state index is -0.882. The predicted octanol–water partition coefficient (Wildman–Crippen LogP) is 4.22. The van der Waals surface area contributed by atoms with Gasteiger partial charge in [0.2, 0.25) is 0 Å². The first-order valence-corrected chi connectivity index (χ1v) is 8.97. The van der Waals surface area contributed by atoms with Gasteiger partial charge in [-0.2, -0.15) is 0 Å². The highest BCUT2D eigenvalue weighted by Gasteiger charge is 2.26. The molecule has 2 heterocycles. The highest BCUT2D eigenvalue weighted by Crippen LogP contribution is 2.39. The summed E-state index contributed by atoms with van der Waals surface area (Å²) in [6.07, 6.45) is 2.57. The average Bonchev–Trinajstić information content (AvgIpc) is 3.16. The van der Waals surface area contributed by atoms with Gasteiger partial charge in [-0.05, 0) is 49.9 Å². The molecule has 0 spiro atoms. The molecule has 2 aliphatic rings. The highest BCUT2D eigenvalue weighted by atomic mass is 19.2. The Kier molecular flexibility index (Phi) is 3.50. The molecule has 1 aliphatic carbocycles. The topological polar surface area (TPSA) is 42.7 Å². The number of rotatable bonds is 1. The maximum Gasteiger partial charge on any atom is 0.339 e. The van der Waals surface area contributed by atoms with Crippen molar-refractivity contribution >= 4 is 16.7 Å². The third-order valence-corrected chi connectivity index (χ3v) is 5.51. The predicted molar refractivity (Wildman–Crippen MR) is 97.3 cm³/mol. The number of benzene rings is 2. The first-order chi connectivity index (χ1) is 13.0. The molecule has 138 valence electrons. The zero-order chi connectivity index (χ0) is 18.7. The zero-order valence-electron chi connectivity index (χ0n) is 14.8. The lowest BCUT2D eigenvalue weighted by Crippen LogP contribution is -2.32. The lowest BCUT2D eigenvalue weighted by Gasteiger charge is -2.32. The van der Waals surface area contributed by atoms with Gasteiger partial charge in [0.15, 0.2) is 18.4 Å². The van der Waals surface area contributed by atoms with Crippen molar-refractivity contribution in [3.63, 3.8) is 0 Å². The summed E-state index contributed by atoms with van der Waals surface area (Å²) in [4.78, 5) is 14.1. The van der Waals surface area contributed by atoms with Crippen molar-refractivity contribution in [1.82, 2.24) is 0 Å². The molecule has 0 fully saturated rings. The number of hydrogen-bond donors (Lipinski definition) is 0. The molecule has 27 heavy (non-hydrogen) atoms. The van der Waals surface area contributed by atoms with Crippen molar-refractivity contribution in [2.75, 3.05) is 11.6 Å². The number of nitrogens with zero attached hydrogens (tertiary/aromatic N) is 1. The number of fused-ring (bicyclic) bond motifs is 4. The van der Waals surface area contributed by atoms with Crippen molar-refractivity contribution in [1.29, 1.82) is 0 Å². The van der Waals surface area contributed by atoms with Crippen LogP contribution in [-0.2, 0) is 19.4 Å². The van der Waals surface area contributed by atoms with E-state index in [-0.39, 0.29) is 12.4 Å². The van der Waals surface area contributed by atoms with Crippen LogP contribution in [0.25, 0.3) is 11.0 Å². The Labute approximate surface area is 154 Å². The molecule has 0 amide bonds. The highest BCUT2D eigenvalue weighted by molar-refractivity contribution is 5.87. The Morgan fingerprint density at radius 2 is 1.89 bits per heavy atom. The van der Waals surface area contributed by atoms with Crippen molar-refractivity contribution < 1.29 is 17.9 Å². The summed E-state index contributed by atoms with van der Waals surface area (Å²) in [5, 5.41) is 0.953. The standard InChI is InChI=1S/C21H17F2NO3/c1-11-19-12(7-16-14-3-2-4-15(14)21(25)27-20(11)16)9-24(10-26-19)13-5-6-17(22)18(23)8-13/h5-8H,2-4,9-10H2,1H3. The molecular formula is C21H17F2NO3. The van der Waals surface area contributed by atoms with Crippen LogP contribution in [0.2, 0.25) is 0 Å². The molecule has 1 aromatic heterocycles. The second-order valence-electron chi connectivity index (χ2n) is 7.14. The molecule has 0 saturated carbocycles. The van der Waals surface area contributed by atoms with E-state index in [4.69, 9.17) is 9.15 Å². The molecule has 1 aliphatic heterocycles. The van der Waals surface area contributed by atoms with E-state index < -0.39 is 11.6 Å². The number of ether oxygens (including phenoxy) is 1. The Morgan fingerprint density at radius 3 is 2.70 bits per heavy atom. The Balaban J connectivity index is 1.63. The van der Waals surface area contributed by atoms with Crippen molar-refractivity contribution in [2.24, 2.45) is 0 Å². The van der Waals surface area contributed by atoms with Crippen LogP contribution in [0.5, 0.6) is 5.75 Å². The lowest BCUT2D eigenvalue weighted by atomic mass is 9.99. The smallest absolute Gasteiger partial charge is 0.339 e. The van der Waals surface area contributed by atoms with E-state index in [2.05, 4.69) is 0 Å². The molecule has 2 aromatic carbocycles. The van der Waals surface area contributed by atoms with E-state index in [9.17, 15) is 13.6 Å². The van der Waals surface area contributed by atoms with Crippen LogP contribution in [-0.4, -0.2) is 6.73 Å². The van der Waals surface area contributed by atoms with E-state index in [0.717, 1.165) is 53.0 Å². The number of anilines is 1. The molecule has 0 N–H and O–H groups in total. The molecule has 0 radical (unpaired) electrons. The molecule has 0 unspecified atom stereocenters. The monoisotopic (exact) mass is 369 g/mol. The fraction of sp³-hybridized carbons (Fsp3) is 0.286. The summed E-state index contributed by atoms with van der Waals surface area (Å²) in [5.74, 6) is -1.06. The fourth-order valence-electron chi connectivity index (χ4n) is 4.19. The molecule has 0 atom stereocenters. The van der Waals surface area contributed by atoms with Gasteiger partial charge in [-0.15, -0.1) is 0 Å². The van der Waals surface area contributed by atoms with Gasteiger partial charge >= 0.3 is 5.63 Å². The van der Waals surface area contributed by atoms with Crippen molar-refractivity contribution in [3.8, 4) is 5.75 Å². The van der Waals surface area contributed by atoms with E-state index in [1.807, 2.05) is 17.9 Å². The molecule has 3 aromatic rings. The van der Waals surface area contributed by atoms with Crippen LogP contribution in [0.4, 0.5) is 14.5 Å². The fourth-order valence-corrected chi connectivity index (χ4v) is 4.19. The van der Waals surface area contributed by atoms with E-state index in [0.29, 0.717) is 23.6 Å². The van der Waals surface area contributed by atoms with E-state index in [1.165, 1.54) is 12.1 Å². The third-order valence-electron chi connectivity index (χ3n) is 5.51. The Morgan fingerprint density at radius 1 is 1.07 bits per heavy atom. The van der Waals surface area contributed by atoms with Gasteiger partial charge in [0.25, 0.3) is 0 Å². The zero-order valence-corrected chi connectivity index (χ0v) is 14.8. The summed E-state index contributed by atoms with van der Waals surface area (Å²) in [6, 6.07) is 5.84. The SMILES string of the molecule is Cc1c2c(cc3c4c(c(=O)oc13)CCC4)CN(c1ccc(F)c(F)c1)CO2. The summed E-state index contributed by atoms with van der Waals surface area (Å²) in [5.41, 5.74) is 4.48. The first-order valence-electron chi connectivity index (χ1n) is 8.97. The van der Waals surface area contributed by atoms with Gasteiger partial charge in [-0.3, -0.25) is 0 Å². The van der Waals surface area contributed by atoms with Gasteiger partial charge in [0, 0.05) is 40.4 Å². The summed E-state index contributed by atoms with van der Waals surface area (Å²) in [7, 11) is 0.